The Hall–Kier alpha value is -3.43. The molecule has 1 saturated heterocycles. The number of benzene rings is 2. The van der Waals surface area contributed by atoms with Gasteiger partial charge in [-0.1, -0.05) is 18.6 Å². The van der Waals surface area contributed by atoms with E-state index in [-0.39, 0.29) is 23.9 Å². The highest BCUT2D eigenvalue weighted by Gasteiger charge is 2.52. The Morgan fingerprint density at radius 3 is 2.03 bits per heavy atom. The van der Waals surface area contributed by atoms with Gasteiger partial charge >= 0.3 is 11.9 Å². The predicted molar refractivity (Wildman–Crippen MR) is 100 cm³/mol. The van der Waals surface area contributed by atoms with Gasteiger partial charge in [0.25, 0.3) is 5.79 Å². The van der Waals surface area contributed by atoms with Crippen LogP contribution in [0.15, 0.2) is 28.7 Å². The molecular weight excluding hydrogens is 434 g/mol. The minimum atomic E-state index is -2.30. The van der Waals surface area contributed by atoms with E-state index >= 15 is 0 Å². The highest BCUT2D eigenvalue weighted by atomic mass is 19.2. The smallest absolute Gasteiger partial charge is 0.328 e. The number of para-hydroxylation sites is 2. The molecule has 0 bridgehead atoms. The molecule has 2 aliphatic rings. The summed E-state index contributed by atoms with van der Waals surface area (Å²) in [5.74, 6) is -14.7. The molecule has 1 aliphatic carbocycles. The van der Waals surface area contributed by atoms with Crippen LogP contribution in [0.2, 0.25) is 0 Å². The third kappa shape index (κ3) is 3.04. The van der Waals surface area contributed by atoms with Gasteiger partial charge in [-0.2, -0.15) is 0 Å². The molecule has 2 heterocycles. The molecule has 1 aromatic heterocycles. The lowest BCUT2D eigenvalue weighted by Gasteiger charge is -2.40. The van der Waals surface area contributed by atoms with E-state index in [1.54, 1.807) is 12.1 Å². The molecule has 2 aromatic carbocycles. The zero-order valence-electron chi connectivity index (χ0n) is 16.4. The SMILES string of the molecule is O=C1OC2(CCCCC2)OC(=O)C1c1c(F)c(F)c(-c2nc3ccccc3o2)c(F)c1F. The Kier molecular flexibility index (Phi) is 4.68. The van der Waals surface area contributed by atoms with Gasteiger partial charge in [-0.25, -0.2) is 22.5 Å². The maximum atomic E-state index is 14.9. The monoisotopic (exact) mass is 449 g/mol. The Morgan fingerprint density at radius 2 is 1.44 bits per heavy atom. The van der Waals surface area contributed by atoms with Crippen LogP contribution in [-0.2, 0) is 19.1 Å². The zero-order valence-corrected chi connectivity index (χ0v) is 16.4. The first kappa shape index (κ1) is 20.5. The van der Waals surface area contributed by atoms with Crippen LogP contribution in [0.1, 0.15) is 43.6 Å². The van der Waals surface area contributed by atoms with Crippen molar-refractivity contribution in [2.45, 2.75) is 43.8 Å². The summed E-state index contributed by atoms with van der Waals surface area (Å²) >= 11 is 0. The van der Waals surface area contributed by atoms with E-state index in [0.717, 1.165) is 6.42 Å². The number of aromatic nitrogens is 1. The number of hydrogen-bond donors (Lipinski definition) is 0. The third-order valence-corrected chi connectivity index (χ3v) is 5.75. The molecule has 1 spiro atoms. The third-order valence-electron chi connectivity index (χ3n) is 5.75. The van der Waals surface area contributed by atoms with E-state index in [0.29, 0.717) is 12.8 Å². The number of rotatable bonds is 2. The first-order valence-corrected chi connectivity index (χ1v) is 9.99. The fourth-order valence-corrected chi connectivity index (χ4v) is 4.20. The Balaban J connectivity index is 1.59. The lowest BCUT2D eigenvalue weighted by atomic mass is 9.90. The van der Waals surface area contributed by atoms with Crippen molar-refractivity contribution < 1.29 is 41.0 Å². The van der Waals surface area contributed by atoms with Crippen LogP contribution in [0.25, 0.3) is 22.6 Å². The molecule has 1 saturated carbocycles. The molecule has 6 nitrogen and oxygen atoms in total. The van der Waals surface area contributed by atoms with Gasteiger partial charge in [0.05, 0.1) is 5.56 Å². The van der Waals surface area contributed by atoms with Gasteiger partial charge in [0, 0.05) is 12.8 Å². The average molecular weight is 449 g/mol. The maximum absolute atomic E-state index is 14.9. The first-order chi connectivity index (χ1) is 15.3. The van der Waals surface area contributed by atoms with Crippen molar-refractivity contribution in [1.82, 2.24) is 4.98 Å². The lowest BCUT2D eigenvalue weighted by Crippen LogP contribution is -2.50. The molecule has 32 heavy (non-hydrogen) atoms. The van der Waals surface area contributed by atoms with Gasteiger partial charge in [-0.3, -0.25) is 9.59 Å². The van der Waals surface area contributed by atoms with Crippen molar-refractivity contribution in [3.8, 4) is 11.5 Å². The Labute approximate surface area is 178 Å². The van der Waals surface area contributed by atoms with E-state index in [9.17, 15) is 27.2 Å². The minimum Gasteiger partial charge on any atom is -0.436 e. The molecule has 0 unspecified atom stereocenters. The minimum absolute atomic E-state index is 0.142. The van der Waals surface area contributed by atoms with Crippen molar-refractivity contribution in [2.24, 2.45) is 0 Å². The van der Waals surface area contributed by atoms with Crippen molar-refractivity contribution in [1.29, 1.82) is 0 Å². The molecule has 0 atom stereocenters. The number of nitrogens with zero attached hydrogens (tertiary/aromatic N) is 1. The summed E-state index contributed by atoms with van der Waals surface area (Å²) in [7, 11) is 0. The molecular formula is C22H15F4NO5. The standard InChI is InChI=1S/C22H15F4NO5/c23-15-12(13-20(28)31-22(32-21(13)29)8-4-1-5-9-22)16(24)18(26)14(17(15)25)19-27-10-6-2-3-7-11(10)30-19/h2-3,6-7,13H,1,4-5,8-9H2. The maximum Gasteiger partial charge on any atom is 0.328 e. The number of carbonyl (C=O) groups is 2. The molecule has 3 aromatic rings. The van der Waals surface area contributed by atoms with E-state index in [4.69, 9.17) is 13.9 Å². The van der Waals surface area contributed by atoms with Crippen molar-refractivity contribution >= 4 is 23.0 Å². The Morgan fingerprint density at radius 1 is 0.844 bits per heavy atom. The molecule has 166 valence electrons. The van der Waals surface area contributed by atoms with Crippen LogP contribution in [0.5, 0.6) is 0 Å². The summed E-state index contributed by atoms with van der Waals surface area (Å²) < 4.78 is 75.3. The highest BCUT2D eigenvalue weighted by molar-refractivity contribution is 6.02. The van der Waals surface area contributed by atoms with Gasteiger partial charge in [-0.05, 0) is 25.0 Å². The van der Waals surface area contributed by atoms with Gasteiger partial charge < -0.3 is 13.9 Å². The van der Waals surface area contributed by atoms with E-state index in [2.05, 4.69) is 4.98 Å². The molecule has 5 rings (SSSR count). The normalized spacial score (nSPS) is 18.8. The van der Waals surface area contributed by atoms with Crippen LogP contribution >= 0.6 is 0 Å². The van der Waals surface area contributed by atoms with Crippen LogP contribution < -0.4 is 0 Å². The van der Waals surface area contributed by atoms with E-state index in [1.807, 2.05) is 0 Å². The summed E-state index contributed by atoms with van der Waals surface area (Å²) in [5, 5.41) is 0. The van der Waals surface area contributed by atoms with Gasteiger partial charge in [0.2, 0.25) is 5.89 Å². The van der Waals surface area contributed by atoms with Gasteiger partial charge in [0.1, 0.15) is 11.1 Å². The average Bonchev–Trinajstić information content (AvgIpc) is 3.18. The quantitative estimate of drug-likeness (QED) is 0.240. The largest absolute Gasteiger partial charge is 0.436 e. The fraction of sp³-hybridized carbons (Fsp3) is 0.318. The summed E-state index contributed by atoms with van der Waals surface area (Å²) in [6.45, 7) is 0. The fourth-order valence-electron chi connectivity index (χ4n) is 4.20. The van der Waals surface area contributed by atoms with Gasteiger partial charge in [-0.15, -0.1) is 0 Å². The topological polar surface area (TPSA) is 78.6 Å². The molecule has 2 fully saturated rings. The predicted octanol–water partition coefficient (Wildman–Crippen LogP) is 4.90. The molecule has 0 amide bonds. The summed E-state index contributed by atoms with van der Waals surface area (Å²) in [5.41, 5.74) is -2.26. The second-order valence-electron chi connectivity index (χ2n) is 7.78. The number of fused-ring (bicyclic) bond motifs is 1. The second-order valence-corrected chi connectivity index (χ2v) is 7.78. The van der Waals surface area contributed by atoms with Crippen molar-refractivity contribution in [3.63, 3.8) is 0 Å². The zero-order chi connectivity index (χ0) is 22.6. The molecule has 0 N–H and O–H groups in total. The summed E-state index contributed by atoms with van der Waals surface area (Å²) in [4.78, 5) is 28.9. The molecule has 0 radical (unpaired) electrons. The van der Waals surface area contributed by atoms with E-state index < -0.39 is 63.9 Å². The Bertz CT molecular complexity index is 1180. The summed E-state index contributed by atoms with van der Waals surface area (Å²) in [6, 6.07) is 6.10. The van der Waals surface area contributed by atoms with Crippen molar-refractivity contribution in [2.75, 3.05) is 0 Å². The number of hydrogen-bond acceptors (Lipinski definition) is 6. The van der Waals surface area contributed by atoms with Gasteiger partial charge in [0.15, 0.2) is 34.8 Å². The number of esters is 2. The molecule has 1 aliphatic heterocycles. The van der Waals surface area contributed by atoms with Crippen LogP contribution in [0.3, 0.4) is 0 Å². The first-order valence-electron chi connectivity index (χ1n) is 9.99. The second kappa shape index (κ2) is 7.32. The van der Waals surface area contributed by atoms with Crippen LogP contribution in [0.4, 0.5) is 17.6 Å². The van der Waals surface area contributed by atoms with Crippen molar-refractivity contribution in [3.05, 3.63) is 53.1 Å². The summed E-state index contributed by atoms with van der Waals surface area (Å²) in [6.07, 6.45) is 2.56. The molecule has 10 heteroatoms. The number of carbonyl (C=O) groups excluding carboxylic acids is 2. The van der Waals surface area contributed by atoms with Crippen LogP contribution in [-0.4, -0.2) is 22.7 Å². The lowest BCUT2D eigenvalue weighted by molar-refractivity contribution is -0.256. The van der Waals surface area contributed by atoms with Crippen LogP contribution in [0, 0.1) is 23.3 Å². The highest BCUT2D eigenvalue weighted by Crippen LogP contribution is 2.42. The van der Waals surface area contributed by atoms with E-state index in [1.165, 1.54) is 12.1 Å². The number of ether oxygens (including phenoxy) is 2. The number of oxazole rings is 1. The number of halogens is 4.